The standard InChI is InChI=1S/C20H19N3O6S/c24-18(23-12-11-21-20(23)26)14-29-19(25)16-6-8-17(9-7-16)22-30(27,28)13-10-15-4-2-1-3-5-15/h1-10,13,22H,11-12,14H2,(H,21,26). The molecule has 2 aromatic rings. The maximum atomic E-state index is 12.2. The fraction of sp³-hybridized carbons (Fsp3) is 0.150. The van der Waals surface area contributed by atoms with Gasteiger partial charge in [-0.25, -0.2) is 18.0 Å². The number of anilines is 1. The zero-order valence-electron chi connectivity index (χ0n) is 15.8. The summed E-state index contributed by atoms with van der Waals surface area (Å²) in [7, 11) is -3.74. The van der Waals surface area contributed by atoms with Gasteiger partial charge in [0.2, 0.25) is 0 Å². The first-order valence-corrected chi connectivity index (χ1v) is 10.5. The van der Waals surface area contributed by atoms with Crippen LogP contribution in [-0.2, 0) is 19.6 Å². The van der Waals surface area contributed by atoms with Gasteiger partial charge in [0.05, 0.1) is 11.0 Å². The van der Waals surface area contributed by atoms with Crippen molar-refractivity contribution >= 4 is 39.7 Å². The molecule has 156 valence electrons. The highest BCUT2D eigenvalue weighted by Crippen LogP contribution is 2.14. The first-order chi connectivity index (χ1) is 14.3. The number of sulfonamides is 1. The van der Waals surface area contributed by atoms with E-state index in [1.54, 1.807) is 24.3 Å². The summed E-state index contributed by atoms with van der Waals surface area (Å²) in [6.07, 6.45) is 1.46. The minimum atomic E-state index is -3.74. The van der Waals surface area contributed by atoms with Gasteiger partial charge in [0.15, 0.2) is 6.61 Å². The molecule has 30 heavy (non-hydrogen) atoms. The molecule has 3 rings (SSSR count). The number of hydrogen-bond acceptors (Lipinski definition) is 6. The Labute approximate surface area is 173 Å². The Morgan fingerprint density at radius 2 is 1.80 bits per heavy atom. The van der Waals surface area contributed by atoms with Gasteiger partial charge in [0.25, 0.3) is 15.9 Å². The predicted octanol–water partition coefficient (Wildman–Crippen LogP) is 1.81. The van der Waals surface area contributed by atoms with E-state index in [2.05, 4.69) is 10.0 Å². The van der Waals surface area contributed by atoms with E-state index in [0.29, 0.717) is 6.54 Å². The van der Waals surface area contributed by atoms with Gasteiger partial charge in [-0.3, -0.25) is 14.4 Å². The molecule has 0 atom stereocenters. The number of nitrogens with zero attached hydrogens (tertiary/aromatic N) is 1. The van der Waals surface area contributed by atoms with Crippen LogP contribution in [0.4, 0.5) is 10.5 Å². The quantitative estimate of drug-likeness (QED) is 0.648. The van der Waals surface area contributed by atoms with Crippen molar-refractivity contribution in [3.8, 4) is 0 Å². The van der Waals surface area contributed by atoms with E-state index in [9.17, 15) is 22.8 Å². The highest BCUT2D eigenvalue weighted by Gasteiger charge is 2.26. The Balaban J connectivity index is 1.55. The van der Waals surface area contributed by atoms with E-state index >= 15 is 0 Å². The molecule has 3 amide bonds. The molecular weight excluding hydrogens is 410 g/mol. The second kappa shape index (κ2) is 9.23. The largest absolute Gasteiger partial charge is 0.452 e. The topological polar surface area (TPSA) is 122 Å². The van der Waals surface area contributed by atoms with E-state index in [1.165, 1.54) is 30.3 Å². The zero-order chi connectivity index (χ0) is 21.6. The Kier molecular flexibility index (Phi) is 6.48. The van der Waals surface area contributed by atoms with Gasteiger partial charge >= 0.3 is 12.0 Å². The zero-order valence-corrected chi connectivity index (χ0v) is 16.6. The molecule has 0 radical (unpaired) electrons. The Morgan fingerprint density at radius 1 is 1.10 bits per heavy atom. The number of hydrogen-bond donors (Lipinski definition) is 2. The molecule has 10 heteroatoms. The summed E-state index contributed by atoms with van der Waals surface area (Å²) in [6, 6.07) is 14.0. The number of carbonyl (C=O) groups is 3. The second-order valence-electron chi connectivity index (χ2n) is 6.29. The van der Waals surface area contributed by atoms with Crippen LogP contribution in [0.1, 0.15) is 15.9 Å². The minimum absolute atomic E-state index is 0.136. The summed E-state index contributed by atoms with van der Waals surface area (Å²) in [5.74, 6) is -1.38. The van der Waals surface area contributed by atoms with Crippen LogP contribution in [0, 0.1) is 0 Å². The number of rotatable bonds is 7. The molecule has 9 nitrogen and oxygen atoms in total. The van der Waals surface area contributed by atoms with Crippen LogP contribution >= 0.6 is 0 Å². The lowest BCUT2D eigenvalue weighted by Crippen LogP contribution is -2.37. The number of nitrogens with one attached hydrogen (secondary N) is 2. The van der Waals surface area contributed by atoms with Crippen LogP contribution in [0.15, 0.2) is 60.0 Å². The molecule has 1 saturated heterocycles. The molecule has 1 aliphatic rings. The van der Waals surface area contributed by atoms with Crippen LogP contribution in [0.2, 0.25) is 0 Å². The average molecular weight is 429 g/mol. The normalized spacial score (nSPS) is 13.9. The number of imide groups is 1. The molecule has 0 aromatic heterocycles. The predicted molar refractivity (Wildman–Crippen MR) is 110 cm³/mol. The molecular formula is C20H19N3O6S. The van der Waals surface area contributed by atoms with Gasteiger partial charge in [0, 0.05) is 18.8 Å². The summed E-state index contributed by atoms with van der Waals surface area (Å²) >= 11 is 0. The molecule has 1 heterocycles. The van der Waals surface area contributed by atoms with Gasteiger partial charge in [-0.05, 0) is 35.9 Å². The van der Waals surface area contributed by atoms with Crippen molar-refractivity contribution in [2.24, 2.45) is 0 Å². The van der Waals surface area contributed by atoms with Crippen molar-refractivity contribution in [2.75, 3.05) is 24.4 Å². The first-order valence-electron chi connectivity index (χ1n) is 8.95. The van der Waals surface area contributed by atoms with E-state index in [-0.39, 0.29) is 17.8 Å². The number of esters is 1. The Hall–Kier alpha value is -3.66. The molecule has 0 aliphatic carbocycles. The van der Waals surface area contributed by atoms with Crippen molar-refractivity contribution < 1.29 is 27.5 Å². The van der Waals surface area contributed by atoms with Crippen LogP contribution < -0.4 is 10.0 Å². The number of urea groups is 1. The highest BCUT2D eigenvalue weighted by molar-refractivity contribution is 7.95. The SMILES string of the molecule is O=C(OCC(=O)N1CCNC1=O)c1ccc(NS(=O)(=O)C=Cc2ccccc2)cc1. The third kappa shape index (κ3) is 5.67. The molecule has 2 N–H and O–H groups in total. The molecule has 2 aromatic carbocycles. The van der Waals surface area contributed by atoms with E-state index in [1.807, 2.05) is 6.07 Å². The van der Waals surface area contributed by atoms with Gasteiger partial charge in [0.1, 0.15) is 0 Å². The third-order valence-electron chi connectivity index (χ3n) is 4.10. The first kappa shape index (κ1) is 21.1. The Bertz CT molecular complexity index is 1070. The summed E-state index contributed by atoms with van der Waals surface area (Å²) < 4.78 is 31.6. The fourth-order valence-electron chi connectivity index (χ4n) is 2.60. The molecule has 0 bridgehead atoms. The van der Waals surface area contributed by atoms with Gasteiger partial charge in [-0.1, -0.05) is 30.3 Å². The Morgan fingerprint density at radius 3 is 2.43 bits per heavy atom. The van der Waals surface area contributed by atoms with E-state index < -0.39 is 34.5 Å². The lowest BCUT2D eigenvalue weighted by Gasteiger charge is -2.12. The van der Waals surface area contributed by atoms with Gasteiger partial charge in [-0.2, -0.15) is 0 Å². The summed E-state index contributed by atoms with van der Waals surface area (Å²) in [6.45, 7) is 0.0180. The van der Waals surface area contributed by atoms with Crippen molar-refractivity contribution in [3.05, 3.63) is 71.1 Å². The van der Waals surface area contributed by atoms with Crippen LogP contribution in [0.5, 0.6) is 0 Å². The van der Waals surface area contributed by atoms with Crippen LogP contribution in [0.3, 0.4) is 0 Å². The minimum Gasteiger partial charge on any atom is -0.452 e. The maximum Gasteiger partial charge on any atom is 0.338 e. The highest BCUT2D eigenvalue weighted by atomic mass is 32.2. The molecule has 0 unspecified atom stereocenters. The van der Waals surface area contributed by atoms with E-state index in [4.69, 9.17) is 4.74 Å². The van der Waals surface area contributed by atoms with Crippen molar-refractivity contribution in [1.82, 2.24) is 10.2 Å². The summed E-state index contributed by atoms with van der Waals surface area (Å²) in [4.78, 5) is 36.3. The number of amides is 3. The van der Waals surface area contributed by atoms with Crippen LogP contribution in [-0.4, -0.2) is 50.9 Å². The lowest BCUT2D eigenvalue weighted by atomic mass is 10.2. The number of benzene rings is 2. The molecule has 1 aliphatic heterocycles. The molecule has 1 fully saturated rings. The molecule has 0 spiro atoms. The van der Waals surface area contributed by atoms with Gasteiger partial charge < -0.3 is 10.1 Å². The average Bonchev–Trinajstić information content (AvgIpc) is 3.17. The van der Waals surface area contributed by atoms with Crippen molar-refractivity contribution in [1.29, 1.82) is 0 Å². The number of ether oxygens (including phenoxy) is 1. The third-order valence-corrected chi connectivity index (χ3v) is 5.12. The van der Waals surface area contributed by atoms with E-state index in [0.717, 1.165) is 15.9 Å². The van der Waals surface area contributed by atoms with Crippen LogP contribution in [0.25, 0.3) is 6.08 Å². The number of carbonyl (C=O) groups excluding carboxylic acids is 3. The maximum absolute atomic E-state index is 12.2. The smallest absolute Gasteiger partial charge is 0.338 e. The van der Waals surface area contributed by atoms with Crippen molar-refractivity contribution in [3.63, 3.8) is 0 Å². The van der Waals surface area contributed by atoms with Crippen molar-refractivity contribution in [2.45, 2.75) is 0 Å². The second-order valence-corrected chi connectivity index (χ2v) is 7.86. The molecule has 0 saturated carbocycles. The monoisotopic (exact) mass is 429 g/mol. The van der Waals surface area contributed by atoms with Gasteiger partial charge in [-0.15, -0.1) is 0 Å². The fourth-order valence-corrected chi connectivity index (χ4v) is 3.47. The lowest BCUT2D eigenvalue weighted by molar-refractivity contribution is -0.130. The summed E-state index contributed by atoms with van der Waals surface area (Å²) in [5, 5.41) is 3.52. The summed E-state index contributed by atoms with van der Waals surface area (Å²) in [5.41, 5.74) is 1.13.